The maximum Gasteiger partial charge on any atom is 0.469 e. The number of aromatic amines is 1. The molecule has 0 saturated carbocycles. The van der Waals surface area contributed by atoms with E-state index in [0.29, 0.717) is 0 Å². The predicted octanol–water partition coefficient (Wildman–Crippen LogP) is -4.43. The van der Waals surface area contributed by atoms with Crippen molar-refractivity contribution in [3.8, 4) is 5.88 Å². The van der Waals surface area contributed by atoms with E-state index in [-0.39, 0.29) is 34.2 Å². The number of nitrogens with two attached hydrogens (primary N) is 1. The zero-order chi connectivity index (χ0) is 31.2. The predicted molar refractivity (Wildman–Crippen MR) is 136 cm³/mol. The number of phosphoric ester groups is 1. The fourth-order valence-corrected chi connectivity index (χ4v) is 4.87. The number of anilines is 1. The van der Waals surface area contributed by atoms with Crippen LogP contribution in [0.1, 0.15) is 12.5 Å². The molecule has 0 bridgehead atoms. The Labute approximate surface area is 237 Å². The Morgan fingerprint density at radius 3 is 2.09 bits per heavy atom. The average Bonchev–Trinajstić information content (AvgIpc) is 3.70. The number of aliphatic hydroxyl groups is 5. The van der Waals surface area contributed by atoms with E-state index < -0.39 is 75.7 Å². The molecular formula is C20H26N9O13P. The molecule has 2 saturated heterocycles. The van der Waals surface area contributed by atoms with Crippen LogP contribution in [0.2, 0.25) is 0 Å². The Balaban J connectivity index is 0.000000176. The number of phosphoric acid groups is 1. The van der Waals surface area contributed by atoms with Gasteiger partial charge in [0, 0.05) is 0 Å². The molecule has 0 amide bonds. The van der Waals surface area contributed by atoms with Crippen molar-refractivity contribution in [2.45, 2.75) is 49.1 Å². The molecule has 43 heavy (non-hydrogen) atoms. The van der Waals surface area contributed by atoms with Crippen molar-refractivity contribution >= 4 is 36.1 Å². The molecule has 6 heterocycles. The normalized spacial score (nSPS) is 29.3. The number of nitrogen functional groups attached to an aromatic ring is 1. The van der Waals surface area contributed by atoms with Crippen molar-refractivity contribution in [2.24, 2.45) is 0 Å². The number of aromatic hydroxyl groups is 1. The van der Waals surface area contributed by atoms with Gasteiger partial charge in [0.2, 0.25) is 11.8 Å². The highest BCUT2D eigenvalue weighted by atomic mass is 31.2. The zero-order valence-corrected chi connectivity index (χ0v) is 22.4. The molecule has 0 unspecified atom stereocenters. The topological polar surface area (TPSA) is 340 Å². The van der Waals surface area contributed by atoms with Crippen LogP contribution in [0, 0.1) is 0 Å². The number of hydrogen-bond acceptors (Lipinski definition) is 17. The number of imidazole rings is 2. The minimum Gasteiger partial charge on any atom is -0.492 e. The van der Waals surface area contributed by atoms with E-state index >= 15 is 0 Å². The van der Waals surface area contributed by atoms with E-state index in [1.807, 2.05) is 0 Å². The molecule has 11 N–H and O–H groups in total. The van der Waals surface area contributed by atoms with E-state index in [1.54, 1.807) is 0 Å². The zero-order valence-electron chi connectivity index (χ0n) is 21.5. The summed E-state index contributed by atoms with van der Waals surface area (Å²) in [6.07, 6.45) is -6.00. The van der Waals surface area contributed by atoms with E-state index in [9.17, 15) is 34.9 Å². The van der Waals surface area contributed by atoms with Crippen LogP contribution in [0.4, 0.5) is 5.95 Å². The summed E-state index contributed by atoms with van der Waals surface area (Å²) in [5.74, 6) is -0.459. The molecule has 23 heteroatoms. The van der Waals surface area contributed by atoms with Gasteiger partial charge in [-0.2, -0.15) is 9.97 Å². The third-order valence-corrected chi connectivity index (χ3v) is 7.09. The van der Waals surface area contributed by atoms with Crippen LogP contribution in [0.25, 0.3) is 22.3 Å². The quantitative estimate of drug-likeness (QED) is 0.0897. The maximum atomic E-state index is 11.7. The molecule has 0 aliphatic carbocycles. The Morgan fingerprint density at radius 1 is 0.907 bits per heavy atom. The lowest BCUT2D eigenvalue weighted by atomic mass is 10.1. The average molecular weight is 631 g/mol. The first-order valence-corrected chi connectivity index (χ1v) is 13.8. The van der Waals surface area contributed by atoms with Crippen LogP contribution in [0.3, 0.4) is 0 Å². The van der Waals surface area contributed by atoms with Crippen LogP contribution in [-0.4, -0.2) is 129 Å². The molecule has 2 aliphatic heterocycles. The second-order valence-corrected chi connectivity index (χ2v) is 10.6. The fraction of sp³-hybridized carbons (Fsp3) is 0.500. The van der Waals surface area contributed by atoms with Crippen molar-refractivity contribution in [1.29, 1.82) is 0 Å². The number of H-pyrrole nitrogens is 1. The smallest absolute Gasteiger partial charge is 0.469 e. The first-order valence-electron chi connectivity index (χ1n) is 12.2. The highest BCUT2D eigenvalue weighted by Crippen LogP contribution is 2.38. The van der Waals surface area contributed by atoms with Gasteiger partial charge in [-0.1, -0.05) is 0 Å². The lowest BCUT2D eigenvalue weighted by Crippen LogP contribution is -2.33. The number of aliphatic hydroxyl groups excluding tert-OH is 5. The summed E-state index contributed by atoms with van der Waals surface area (Å²) in [5, 5.41) is 58.2. The molecule has 8 atom stereocenters. The number of aromatic nitrogens is 8. The third-order valence-electron chi connectivity index (χ3n) is 6.60. The summed E-state index contributed by atoms with van der Waals surface area (Å²) in [4.78, 5) is 50.6. The van der Waals surface area contributed by atoms with E-state index in [4.69, 9.17) is 30.1 Å². The number of nitrogens with zero attached hydrogens (tertiary/aromatic N) is 7. The lowest BCUT2D eigenvalue weighted by molar-refractivity contribution is -0.0511. The largest absolute Gasteiger partial charge is 0.492 e. The summed E-state index contributed by atoms with van der Waals surface area (Å²) in [6.45, 7) is -1.07. The fourth-order valence-electron chi connectivity index (χ4n) is 4.53. The van der Waals surface area contributed by atoms with Crippen LogP contribution in [0.5, 0.6) is 5.88 Å². The van der Waals surface area contributed by atoms with Crippen LogP contribution < -0.4 is 11.3 Å². The molecule has 0 spiro atoms. The molecule has 2 aliphatic rings. The number of nitrogens with one attached hydrogen (secondary N) is 1. The van der Waals surface area contributed by atoms with Crippen molar-refractivity contribution in [3.05, 3.63) is 29.3 Å². The second kappa shape index (κ2) is 11.8. The van der Waals surface area contributed by atoms with Gasteiger partial charge in [0.1, 0.15) is 43.0 Å². The van der Waals surface area contributed by atoms with Gasteiger partial charge < -0.3 is 55.6 Å². The summed E-state index contributed by atoms with van der Waals surface area (Å²) < 4.78 is 28.3. The first-order chi connectivity index (χ1) is 20.3. The number of hydrogen-bond donors (Lipinski definition) is 10. The van der Waals surface area contributed by atoms with E-state index in [1.165, 1.54) is 21.8 Å². The molecule has 234 valence electrons. The van der Waals surface area contributed by atoms with Gasteiger partial charge in [0.05, 0.1) is 25.9 Å². The minimum atomic E-state index is -4.76. The lowest BCUT2D eigenvalue weighted by Gasteiger charge is -2.16. The van der Waals surface area contributed by atoms with Gasteiger partial charge in [-0.3, -0.25) is 23.4 Å². The molecule has 4 aromatic heterocycles. The van der Waals surface area contributed by atoms with E-state index in [0.717, 1.165) is 6.33 Å². The van der Waals surface area contributed by atoms with Crippen LogP contribution >= 0.6 is 7.82 Å². The Morgan fingerprint density at radius 2 is 1.49 bits per heavy atom. The summed E-state index contributed by atoms with van der Waals surface area (Å²) >= 11 is 0. The van der Waals surface area contributed by atoms with Crippen molar-refractivity contribution in [1.82, 2.24) is 39.0 Å². The highest BCUT2D eigenvalue weighted by Gasteiger charge is 2.46. The standard InChI is InChI=1S/C10H14N5O8P.C10H12N4O5/c11-10-13-7-4(8(18)14-10)12-2-15(7)9-6(17)5(16)3(23-9)1-22-24(19,20)21;15-1-4-6(16)7(17)10(19-4)14-3-13-5-8(14)11-2-12-9(5)18/h2-3,5-6,9,16-17H,1H2,(H2,19,20,21)(H3,11,13,14,18);2-4,6-7,10,15-17H,1H2,(H,11,12,18)/t3-,5-,6-,9-;4-,6-,7-,10-/m11/s1. The summed E-state index contributed by atoms with van der Waals surface area (Å²) in [5.41, 5.74) is 5.28. The monoisotopic (exact) mass is 631 g/mol. The maximum absolute atomic E-state index is 11.7. The molecule has 6 rings (SSSR count). The van der Waals surface area contributed by atoms with Crippen molar-refractivity contribution < 1.29 is 59.0 Å². The Bertz CT molecular complexity index is 1710. The van der Waals surface area contributed by atoms with Gasteiger partial charge in [0.25, 0.3) is 5.56 Å². The number of fused-ring (bicyclic) bond motifs is 2. The Hall–Kier alpha value is -3.67. The highest BCUT2D eigenvalue weighted by molar-refractivity contribution is 7.46. The SMILES string of the molecule is Nc1nc2c(ncn2[C@@H]2O[C@H](COP(=O)(O)O)[C@@H](O)[C@H]2O)c(=O)[nH]1.OC[C@H]1O[C@@H](n2cnc3c(O)ncnc32)[C@H](O)[C@@H]1O. The van der Waals surface area contributed by atoms with E-state index in [2.05, 4.69) is 34.4 Å². The van der Waals surface area contributed by atoms with Crippen LogP contribution in [0.15, 0.2) is 23.8 Å². The summed E-state index contributed by atoms with van der Waals surface area (Å²) in [6, 6.07) is 0. The second-order valence-electron chi connectivity index (χ2n) is 9.36. The van der Waals surface area contributed by atoms with Gasteiger partial charge in [0.15, 0.2) is 34.8 Å². The van der Waals surface area contributed by atoms with Crippen molar-refractivity contribution in [3.63, 3.8) is 0 Å². The number of ether oxygens (including phenoxy) is 2. The van der Waals surface area contributed by atoms with Gasteiger partial charge in [-0.15, -0.1) is 0 Å². The van der Waals surface area contributed by atoms with Crippen LogP contribution in [-0.2, 0) is 18.6 Å². The summed E-state index contributed by atoms with van der Waals surface area (Å²) in [7, 11) is -4.76. The number of rotatable bonds is 6. The Kier molecular flexibility index (Phi) is 8.43. The molecule has 0 aromatic carbocycles. The van der Waals surface area contributed by atoms with Gasteiger partial charge in [-0.25, -0.2) is 19.5 Å². The van der Waals surface area contributed by atoms with Crippen molar-refractivity contribution in [2.75, 3.05) is 18.9 Å². The third kappa shape index (κ3) is 5.93. The molecule has 0 radical (unpaired) electrons. The molecular weight excluding hydrogens is 605 g/mol. The molecule has 22 nitrogen and oxygen atoms in total. The molecule has 4 aromatic rings. The minimum absolute atomic E-state index is 0.0176. The molecule has 2 fully saturated rings. The van der Waals surface area contributed by atoms with Gasteiger partial charge in [-0.05, 0) is 0 Å². The first kappa shape index (κ1) is 30.8. The van der Waals surface area contributed by atoms with Gasteiger partial charge >= 0.3 is 7.82 Å².